The first-order chi connectivity index (χ1) is 11.8. The third kappa shape index (κ3) is 3.60. The zero-order valence-electron chi connectivity index (χ0n) is 13.2. The predicted octanol–water partition coefficient (Wildman–Crippen LogP) is 3.51. The van der Waals surface area contributed by atoms with Crippen molar-refractivity contribution in [1.82, 2.24) is 24.7 Å². The monoisotopic (exact) mass is 407 g/mol. The van der Waals surface area contributed by atoms with E-state index in [9.17, 15) is 0 Å². The normalized spacial score (nSPS) is 15.9. The molecule has 0 aliphatic carbocycles. The lowest BCUT2D eigenvalue weighted by atomic mass is 10.1. The molecule has 3 aromatic rings. The molecule has 0 amide bonds. The van der Waals surface area contributed by atoms with E-state index in [-0.39, 0.29) is 0 Å². The lowest BCUT2D eigenvalue weighted by molar-refractivity contribution is 0.214. The van der Waals surface area contributed by atoms with E-state index in [2.05, 4.69) is 36.1 Å². The molecule has 1 aliphatic heterocycles. The second-order valence-corrected chi connectivity index (χ2v) is 7.84. The molecule has 4 rings (SSSR count). The highest BCUT2D eigenvalue weighted by Crippen LogP contribution is 2.20. The summed E-state index contributed by atoms with van der Waals surface area (Å²) >= 11 is 4.95. The highest BCUT2D eigenvalue weighted by molar-refractivity contribution is 9.10. The van der Waals surface area contributed by atoms with Gasteiger partial charge in [-0.3, -0.25) is 4.90 Å². The number of piperidine rings is 1. The van der Waals surface area contributed by atoms with Crippen LogP contribution < -0.4 is 4.74 Å². The molecule has 1 aliphatic rings. The first kappa shape index (κ1) is 16.0. The molecular formula is C16H18BrN5OS. The largest absolute Gasteiger partial charge is 0.486 e. The quantitative estimate of drug-likeness (QED) is 0.647. The van der Waals surface area contributed by atoms with Gasteiger partial charge in [-0.05, 0) is 50.2 Å². The molecule has 0 bridgehead atoms. The Morgan fingerprint density at radius 2 is 1.88 bits per heavy atom. The molecule has 8 heteroatoms. The predicted molar refractivity (Wildman–Crippen MR) is 96.3 cm³/mol. The average molecular weight is 408 g/mol. The van der Waals surface area contributed by atoms with Crippen LogP contribution in [0.2, 0.25) is 0 Å². The summed E-state index contributed by atoms with van der Waals surface area (Å²) in [5, 5.41) is 14.1. The van der Waals surface area contributed by atoms with Gasteiger partial charge in [0.2, 0.25) is 4.96 Å². The van der Waals surface area contributed by atoms with E-state index in [4.69, 9.17) is 4.74 Å². The fourth-order valence-electron chi connectivity index (χ4n) is 2.85. The van der Waals surface area contributed by atoms with Crippen LogP contribution in [-0.2, 0) is 13.2 Å². The van der Waals surface area contributed by atoms with Gasteiger partial charge in [0.25, 0.3) is 0 Å². The first-order valence-corrected chi connectivity index (χ1v) is 9.69. The fraction of sp³-hybridized carbons (Fsp3) is 0.438. The summed E-state index contributed by atoms with van der Waals surface area (Å²) in [4.78, 5) is 3.26. The number of hydrogen-bond acceptors (Lipinski definition) is 6. The number of aromatic nitrogens is 4. The van der Waals surface area contributed by atoms with Crippen LogP contribution >= 0.6 is 27.3 Å². The number of rotatable bonds is 5. The summed E-state index contributed by atoms with van der Waals surface area (Å²) < 4.78 is 8.69. The van der Waals surface area contributed by atoms with Crippen molar-refractivity contribution in [2.75, 3.05) is 13.1 Å². The zero-order valence-corrected chi connectivity index (χ0v) is 15.6. The van der Waals surface area contributed by atoms with Gasteiger partial charge in [0, 0.05) is 4.47 Å². The summed E-state index contributed by atoms with van der Waals surface area (Å²) in [6, 6.07) is 7.80. The maximum Gasteiger partial charge on any atom is 0.234 e. The van der Waals surface area contributed by atoms with E-state index in [0.717, 1.165) is 45.6 Å². The summed E-state index contributed by atoms with van der Waals surface area (Å²) in [6.45, 7) is 3.54. The van der Waals surface area contributed by atoms with Crippen LogP contribution in [0, 0.1) is 0 Å². The Kier molecular flexibility index (Phi) is 4.77. The minimum absolute atomic E-state index is 0.443. The van der Waals surface area contributed by atoms with Gasteiger partial charge in [0.1, 0.15) is 12.4 Å². The topological polar surface area (TPSA) is 55.6 Å². The SMILES string of the molecule is Brc1ccc(OCc2nn3c(CN4CCCCC4)nnc3s2)cc1. The Morgan fingerprint density at radius 3 is 2.67 bits per heavy atom. The van der Waals surface area contributed by atoms with Crippen molar-refractivity contribution in [2.45, 2.75) is 32.4 Å². The van der Waals surface area contributed by atoms with Crippen LogP contribution in [0.1, 0.15) is 30.1 Å². The molecule has 126 valence electrons. The molecule has 1 aromatic carbocycles. The van der Waals surface area contributed by atoms with Crippen LogP contribution in [0.15, 0.2) is 28.7 Å². The van der Waals surface area contributed by atoms with E-state index in [0.29, 0.717) is 6.61 Å². The van der Waals surface area contributed by atoms with E-state index in [1.165, 1.54) is 30.6 Å². The number of likely N-dealkylation sites (tertiary alicyclic amines) is 1. The molecule has 0 spiro atoms. The Bertz CT molecular complexity index is 810. The molecule has 0 radical (unpaired) electrons. The Labute approximate surface area is 152 Å². The highest BCUT2D eigenvalue weighted by Gasteiger charge is 2.17. The second-order valence-electron chi connectivity index (χ2n) is 5.89. The first-order valence-electron chi connectivity index (χ1n) is 8.09. The van der Waals surface area contributed by atoms with E-state index in [1.807, 2.05) is 28.8 Å². The highest BCUT2D eigenvalue weighted by atomic mass is 79.9. The van der Waals surface area contributed by atoms with Gasteiger partial charge in [-0.2, -0.15) is 9.61 Å². The zero-order chi connectivity index (χ0) is 16.4. The van der Waals surface area contributed by atoms with Crippen LogP contribution in [0.5, 0.6) is 5.75 Å². The molecule has 24 heavy (non-hydrogen) atoms. The minimum Gasteiger partial charge on any atom is -0.486 e. The van der Waals surface area contributed by atoms with Crippen molar-refractivity contribution in [1.29, 1.82) is 0 Å². The van der Waals surface area contributed by atoms with Gasteiger partial charge in [-0.1, -0.05) is 33.7 Å². The van der Waals surface area contributed by atoms with E-state index >= 15 is 0 Å². The van der Waals surface area contributed by atoms with E-state index in [1.54, 1.807) is 0 Å². The lowest BCUT2D eigenvalue weighted by Crippen LogP contribution is -2.30. The van der Waals surface area contributed by atoms with Gasteiger partial charge < -0.3 is 4.74 Å². The molecule has 0 unspecified atom stereocenters. The summed E-state index contributed by atoms with van der Waals surface area (Å²) in [5.74, 6) is 1.75. The molecule has 3 heterocycles. The maximum atomic E-state index is 5.79. The van der Waals surface area contributed by atoms with Gasteiger partial charge >= 0.3 is 0 Å². The molecule has 2 aromatic heterocycles. The molecular weight excluding hydrogens is 390 g/mol. The van der Waals surface area contributed by atoms with Crippen molar-refractivity contribution < 1.29 is 4.74 Å². The third-order valence-electron chi connectivity index (χ3n) is 4.09. The fourth-order valence-corrected chi connectivity index (χ4v) is 3.88. The van der Waals surface area contributed by atoms with Crippen molar-refractivity contribution >= 4 is 32.2 Å². The molecule has 6 nitrogen and oxygen atoms in total. The Morgan fingerprint density at radius 1 is 1.08 bits per heavy atom. The summed E-state index contributed by atoms with van der Waals surface area (Å²) in [7, 11) is 0. The van der Waals surface area contributed by atoms with Crippen molar-refractivity contribution in [3.05, 3.63) is 39.6 Å². The number of nitrogens with zero attached hydrogens (tertiary/aromatic N) is 5. The molecule has 0 saturated carbocycles. The van der Waals surface area contributed by atoms with Crippen LogP contribution in [0.4, 0.5) is 0 Å². The minimum atomic E-state index is 0.443. The Balaban J connectivity index is 1.44. The molecule has 0 N–H and O–H groups in total. The second kappa shape index (κ2) is 7.16. The average Bonchev–Trinajstić information content (AvgIpc) is 3.17. The van der Waals surface area contributed by atoms with Crippen LogP contribution in [0.3, 0.4) is 0 Å². The van der Waals surface area contributed by atoms with Crippen molar-refractivity contribution in [3.8, 4) is 5.75 Å². The van der Waals surface area contributed by atoms with Gasteiger partial charge in [-0.15, -0.1) is 10.2 Å². The van der Waals surface area contributed by atoms with Crippen molar-refractivity contribution in [2.24, 2.45) is 0 Å². The standard InChI is InChI=1S/C16H18BrN5OS/c17-12-4-6-13(7-5-12)23-11-15-20-22-14(18-19-16(22)24-15)10-21-8-2-1-3-9-21/h4-7H,1-3,8-11H2. The van der Waals surface area contributed by atoms with Gasteiger partial charge in [0.05, 0.1) is 6.54 Å². The third-order valence-corrected chi connectivity index (χ3v) is 5.49. The Hall–Kier alpha value is -1.51. The number of hydrogen-bond donors (Lipinski definition) is 0. The van der Waals surface area contributed by atoms with Gasteiger partial charge in [0.15, 0.2) is 10.8 Å². The number of ether oxygens (including phenoxy) is 1. The maximum absolute atomic E-state index is 5.79. The summed E-state index contributed by atoms with van der Waals surface area (Å²) in [5.41, 5.74) is 0. The van der Waals surface area contributed by atoms with Gasteiger partial charge in [-0.25, -0.2) is 0 Å². The molecule has 1 fully saturated rings. The molecule has 0 atom stereocenters. The number of fused-ring (bicyclic) bond motifs is 1. The lowest BCUT2D eigenvalue weighted by Gasteiger charge is -2.25. The van der Waals surface area contributed by atoms with Crippen molar-refractivity contribution in [3.63, 3.8) is 0 Å². The number of benzene rings is 1. The number of halogens is 1. The molecule has 1 saturated heterocycles. The van der Waals surface area contributed by atoms with Crippen LogP contribution in [-0.4, -0.2) is 37.8 Å². The van der Waals surface area contributed by atoms with Crippen LogP contribution in [0.25, 0.3) is 4.96 Å². The summed E-state index contributed by atoms with van der Waals surface area (Å²) in [6.07, 6.45) is 3.87. The smallest absolute Gasteiger partial charge is 0.234 e. The van der Waals surface area contributed by atoms with E-state index < -0.39 is 0 Å².